The second-order valence-corrected chi connectivity index (χ2v) is 10.7. The minimum Gasteiger partial charge on any atom is -0.0688 e. The highest BCUT2D eigenvalue weighted by atomic mass is 14.6. The van der Waals surface area contributed by atoms with Gasteiger partial charge in [0.25, 0.3) is 0 Å². The summed E-state index contributed by atoms with van der Waals surface area (Å²) in [5.74, 6) is 4.03. The maximum atomic E-state index is 2.70. The summed E-state index contributed by atoms with van der Waals surface area (Å²) in [5, 5.41) is 0. The van der Waals surface area contributed by atoms with Crippen LogP contribution in [0.5, 0.6) is 0 Å². The molecule has 4 aliphatic rings. The molecule has 26 heavy (non-hydrogen) atoms. The Kier molecular flexibility index (Phi) is 4.11. The molecule has 0 heterocycles. The number of hydrogen-bond donors (Lipinski definition) is 0. The number of fused-ring (bicyclic) bond motifs is 5. The molecule has 0 radical (unpaired) electrons. The first-order chi connectivity index (χ1) is 12.6. The Morgan fingerprint density at radius 2 is 1.73 bits per heavy atom. The highest BCUT2D eigenvalue weighted by molar-refractivity contribution is 5.54. The van der Waals surface area contributed by atoms with Crippen LogP contribution in [0.3, 0.4) is 0 Å². The van der Waals surface area contributed by atoms with Gasteiger partial charge in [0.1, 0.15) is 0 Å². The van der Waals surface area contributed by atoms with Crippen molar-refractivity contribution in [1.82, 2.24) is 0 Å². The van der Waals surface area contributed by atoms with E-state index in [1.165, 1.54) is 69.8 Å². The summed E-state index contributed by atoms with van der Waals surface area (Å²) in [7, 11) is 0. The van der Waals surface area contributed by atoms with Gasteiger partial charge in [-0.1, -0.05) is 68.7 Å². The zero-order valence-electron chi connectivity index (χ0n) is 16.8. The fraction of sp³-hybridized carbons (Fsp3) is 0.692. The van der Waals surface area contributed by atoms with Gasteiger partial charge in [-0.05, 0) is 91.4 Å². The van der Waals surface area contributed by atoms with Crippen LogP contribution in [0.2, 0.25) is 0 Å². The van der Waals surface area contributed by atoms with Crippen LogP contribution in [-0.2, 0) is 0 Å². The van der Waals surface area contributed by atoms with Crippen molar-refractivity contribution in [3.05, 3.63) is 41.5 Å². The quantitative estimate of drug-likeness (QED) is 0.493. The standard InChI is InChI=1S/C26H36/c1-25-15-13-23-22(12-11-21-10-6-7-14-26(21,23)2)24(25)17-20(18-25)16-19-8-4-3-5-9-19/h3-5,8-9,16,21-24H,6-7,10-15,17-18H2,1-2H3/t21?,22-,23-,24+,25-,26+/m1/s1. The Morgan fingerprint density at radius 3 is 2.58 bits per heavy atom. The molecular weight excluding hydrogens is 312 g/mol. The zero-order chi connectivity index (χ0) is 17.8. The molecular formula is C26H36. The molecule has 0 saturated heterocycles. The van der Waals surface area contributed by atoms with Gasteiger partial charge in [-0.3, -0.25) is 0 Å². The van der Waals surface area contributed by atoms with E-state index in [1.54, 1.807) is 5.57 Å². The molecule has 5 rings (SSSR count). The molecule has 1 aromatic rings. The van der Waals surface area contributed by atoms with Gasteiger partial charge < -0.3 is 0 Å². The molecule has 140 valence electrons. The SMILES string of the molecule is C[C@]12CC[C@@H]3[C@@H](CCC4CCCC[C@@]43C)[C@@H]1CC(=Cc1ccccc1)C2. The molecule has 1 aromatic carbocycles. The summed E-state index contributed by atoms with van der Waals surface area (Å²) in [4.78, 5) is 0. The molecule has 6 atom stereocenters. The van der Waals surface area contributed by atoms with Gasteiger partial charge in [0, 0.05) is 0 Å². The molecule has 0 aromatic heterocycles. The van der Waals surface area contributed by atoms with E-state index in [1.807, 2.05) is 0 Å². The van der Waals surface area contributed by atoms with Crippen molar-refractivity contribution in [2.75, 3.05) is 0 Å². The Hall–Kier alpha value is -1.04. The number of benzene rings is 1. The van der Waals surface area contributed by atoms with Crippen LogP contribution in [0.1, 0.15) is 83.6 Å². The zero-order valence-corrected chi connectivity index (χ0v) is 16.8. The summed E-state index contributed by atoms with van der Waals surface area (Å²) in [6, 6.07) is 11.0. The number of allylic oxidation sites excluding steroid dienone is 1. The Morgan fingerprint density at radius 1 is 0.885 bits per heavy atom. The third kappa shape index (κ3) is 2.62. The molecule has 4 fully saturated rings. The first-order valence-electron chi connectivity index (χ1n) is 11.3. The smallest absolute Gasteiger partial charge is 0.0254 e. The van der Waals surface area contributed by atoms with E-state index < -0.39 is 0 Å². The fourth-order valence-corrected chi connectivity index (χ4v) is 8.07. The first-order valence-corrected chi connectivity index (χ1v) is 11.3. The van der Waals surface area contributed by atoms with Crippen molar-refractivity contribution < 1.29 is 0 Å². The van der Waals surface area contributed by atoms with Crippen molar-refractivity contribution in [2.45, 2.75) is 78.1 Å². The molecule has 1 unspecified atom stereocenters. The van der Waals surface area contributed by atoms with E-state index in [0.717, 1.165) is 23.7 Å². The van der Waals surface area contributed by atoms with Crippen LogP contribution >= 0.6 is 0 Å². The average molecular weight is 349 g/mol. The summed E-state index contributed by atoms with van der Waals surface area (Å²) < 4.78 is 0. The lowest BCUT2D eigenvalue weighted by atomic mass is 9.45. The number of rotatable bonds is 1. The molecule has 0 nitrogen and oxygen atoms in total. The Bertz CT molecular complexity index is 685. The van der Waals surface area contributed by atoms with Gasteiger partial charge in [0.2, 0.25) is 0 Å². The van der Waals surface area contributed by atoms with Crippen molar-refractivity contribution in [3.63, 3.8) is 0 Å². The highest BCUT2D eigenvalue weighted by Crippen LogP contribution is 2.66. The first kappa shape index (κ1) is 17.1. The van der Waals surface area contributed by atoms with Gasteiger partial charge >= 0.3 is 0 Å². The van der Waals surface area contributed by atoms with E-state index in [-0.39, 0.29) is 0 Å². The van der Waals surface area contributed by atoms with Gasteiger partial charge in [-0.25, -0.2) is 0 Å². The molecule has 0 bridgehead atoms. The topological polar surface area (TPSA) is 0 Å². The van der Waals surface area contributed by atoms with Gasteiger partial charge in [0.15, 0.2) is 0 Å². The van der Waals surface area contributed by atoms with Crippen LogP contribution in [0.4, 0.5) is 0 Å². The second-order valence-electron chi connectivity index (χ2n) is 10.7. The van der Waals surface area contributed by atoms with Crippen molar-refractivity contribution in [3.8, 4) is 0 Å². The molecule has 0 heteroatoms. The summed E-state index contributed by atoms with van der Waals surface area (Å²) in [6.45, 7) is 5.33. The third-order valence-electron chi connectivity index (χ3n) is 9.38. The number of hydrogen-bond acceptors (Lipinski definition) is 0. The maximum Gasteiger partial charge on any atom is -0.0254 e. The lowest BCUT2D eigenvalue weighted by molar-refractivity contribution is -0.103. The van der Waals surface area contributed by atoms with Gasteiger partial charge in [-0.2, -0.15) is 0 Å². The van der Waals surface area contributed by atoms with E-state index in [9.17, 15) is 0 Å². The van der Waals surface area contributed by atoms with E-state index in [0.29, 0.717) is 10.8 Å². The van der Waals surface area contributed by atoms with Crippen LogP contribution in [0, 0.1) is 34.5 Å². The third-order valence-corrected chi connectivity index (χ3v) is 9.38. The Balaban J connectivity index is 1.42. The molecule has 4 saturated carbocycles. The normalized spacial score (nSPS) is 46.5. The fourth-order valence-electron chi connectivity index (χ4n) is 8.07. The lowest BCUT2D eigenvalue weighted by Crippen LogP contribution is -2.51. The largest absolute Gasteiger partial charge is 0.0688 e. The minimum atomic E-state index is 0.583. The minimum absolute atomic E-state index is 0.583. The average Bonchev–Trinajstić information content (AvgIpc) is 2.98. The lowest BCUT2D eigenvalue weighted by Gasteiger charge is -2.59. The Labute approximate surface area is 160 Å². The second kappa shape index (κ2) is 6.25. The predicted octanol–water partition coefficient (Wildman–Crippen LogP) is 7.50. The van der Waals surface area contributed by atoms with E-state index >= 15 is 0 Å². The van der Waals surface area contributed by atoms with Crippen LogP contribution in [0.25, 0.3) is 6.08 Å². The molecule has 4 aliphatic carbocycles. The van der Waals surface area contributed by atoms with E-state index in [2.05, 4.69) is 50.3 Å². The monoisotopic (exact) mass is 348 g/mol. The molecule has 0 amide bonds. The maximum absolute atomic E-state index is 2.70. The van der Waals surface area contributed by atoms with Crippen LogP contribution < -0.4 is 0 Å². The van der Waals surface area contributed by atoms with Gasteiger partial charge in [0.05, 0.1) is 0 Å². The summed E-state index contributed by atoms with van der Waals surface area (Å²) >= 11 is 0. The summed E-state index contributed by atoms with van der Waals surface area (Å²) in [5.41, 5.74) is 4.40. The molecule has 0 spiro atoms. The van der Waals surface area contributed by atoms with Crippen molar-refractivity contribution in [1.29, 1.82) is 0 Å². The van der Waals surface area contributed by atoms with Crippen molar-refractivity contribution >= 4 is 6.08 Å². The molecule has 0 aliphatic heterocycles. The van der Waals surface area contributed by atoms with Gasteiger partial charge in [-0.15, -0.1) is 0 Å². The molecule has 0 N–H and O–H groups in total. The van der Waals surface area contributed by atoms with Crippen LogP contribution in [-0.4, -0.2) is 0 Å². The highest BCUT2D eigenvalue weighted by Gasteiger charge is 2.57. The van der Waals surface area contributed by atoms with Crippen molar-refractivity contribution in [2.24, 2.45) is 34.5 Å². The summed E-state index contributed by atoms with van der Waals surface area (Å²) in [6.07, 6.45) is 17.4. The van der Waals surface area contributed by atoms with Crippen LogP contribution in [0.15, 0.2) is 35.9 Å². The van der Waals surface area contributed by atoms with E-state index in [4.69, 9.17) is 0 Å². The predicted molar refractivity (Wildman–Crippen MR) is 111 cm³/mol.